The zero-order valence-corrected chi connectivity index (χ0v) is 14.1. The Morgan fingerprint density at radius 2 is 1.35 bits per heavy atom. The largest absolute Gasteiger partial charge is 0.462 e. The van der Waals surface area contributed by atoms with E-state index in [1.165, 1.54) is 44.9 Å². The molecule has 0 fully saturated rings. The Morgan fingerprint density at radius 1 is 0.900 bits per heavy atom. The average Bonchev–Trinajstić information content (AvgIpc) is 2.34. The van der Waals surface area contributed by atoms with Crippen molar-refractivity contribution in [1.29, 1.82) is 0 Å². The first-order valence-corrected chi connectivity index (χ1v) is 8.15. The molecule has 2 nitrogen and oxygen atoms in total. The standard InChI is InChI=1S/C18H34O2/c1-16(2)17(19)20-15-13-11-9-7-6-8-10-12-14-18(3,4)5/h1,6-15H2,2-5H3. The van der Waals surface area contributed by atoms with E-state index in [1.807, 2.05) is 0 Å². The molecule has 0 rings (SSSR count). The minimum Gasteiger partial charge on any atom is -0.462 e. The van der Waals surface area contributed by atoms with Gasteiger partial charge in [-0.1, -0.05) is 72.3 Å². The van der Waals surface area contributed by atoms with Crippen LogP contribution in [0.25, 0.3) is 0 Å². The first-order chi connectivity index (χ1) is 9.33. The van der Waals surface area contributed by atoms with Gasteiger partial charge in [-0.2, -0.15) is 0 Å². The first kappa shape index (κ1) is 19.2. The summed E-state index contributed by atoms with van der Waals surface area (Å²) in [6.07, 6.45) is 11.5. The van der Waals surface area contributed by atoms with Crippen LogP contribution in [0.15, 0.2) is 12.2 Å². The van der Waals surface area contributed by atoms with Crippen LogP contribution in [0.4, 0.5) is 0 Å². The van der Waals surface area contributed by atoms with Crippen molar-refractivity contribution in [3.63, 3.8) is 0 Å². The molecule has 0 atom stereocenters. The minimum atomic E-state index is -0.260. The molecule has 0 unspecified atom stereocenters. The molecular weight excluding hydrogens is 248 g/mol. The number of ether oxygens (including phenoxy) is 1. The van der Waals surface area contributed by atoms with Crippen molar-refractivity contribution in [3.05, 3.63) is 12.2 Å². The summed E-state index contributed by atoms with van der Waals surface area (Å²) in [6.45, 7) is 12.7. The molecule has 2 heteroatoms. The normalized spacial score (nSPS) is 11.4. The Hall–Kier alpha value is -0.790. The summed E-state index contributed by atoms with van der Waals surface area (Å²) >= 11 is 0. The monoisotopic (exact) mass is 282 g/mol. The molecular formula is C18H34O2. The molecule has 20 heavy (non-hydrogen) atoms. The molecule has 0 N–H and O–H groups in total. The van der Waals surface area contributed by atoms with E-state index in [1.54, 1.807) is 6.92 Å². The van der Waals surface area contributed by atoms with Gasteiger partial charge in [0.05, 0.1) is 6.61 Å². The van der Waals surface area contributed by atoms with E-state index in [9.17, 15) is 4.79 Å². The first-order valence-electron chi connectivity index (χ1n) is 8.15. The quantitative estimate of drug-likeness (QED) is 0.277. The molecule has 0 aliphatic heterocycles. The van der Waals surface area contributed by atoms with Crippen LogP contribution < -0.4 is 0 Å². The molecule has 118 valence electrons. The van der Waals surface area contributed by atoms with Crippen molar-refractivity contribution in [2.75, 3.05) is 6.61 Å². The van der Waals surface area contributed by atoms with Gasteiger partial charge in [0.15, 0.2) is 0 Å². The van der Waals surface area contributed by atoms with Crippen molar-refractivity contribution in [2.45, 2.75) is 85.5 Å². The Bertz CT molecular complexity index is 274. The SMILES string of the molecule is C=C(C)C(=O)OCCCCCCCCCCC(C)(C)C. The van der Waals surface area contributed by atoms with Gasteiger partial charge >= 0.3 is 5.97 Å². The Kier molecular flexibility index (Phi) is 10.5. The summed E-state index contributed by atoms with van der Waals surface area (Å²) in [5.41, 5.74) is 0.974. The molecule has 0 aromatic carbocycles. The van der Waals surface area contributed by atoms with Gasteiger partial charge in [0.2, 0.25) is 0 Å². The summed E-state index contributed by atoms with van der Waals surface area (Å²) in [7, 11) is 0. The molecule has 0 aromatic heterocycles. The molecule has 0 spiro atoms. The second kappa shape index (κ2) is 10.9. The molecule has 0 bridgehead atoms. The van der Waals surface area contributed by atoms with Gasteiger partial charge in [-0.3, -0.25) is 0 Å². The van der Waals surface area contributed by atoms with E-state index in [0.717, 1.165) is 12.8 Å². The second-order valence-electron chi connectivity index (χ2n) is 7.06. The third kappa shape index (κ3) is 13.6. The highest BCUT2D eigenvalue weighted by Gasteiger charge is 2.08. The van der Waals surface area contributed by atoms with E-state index in [4.69, 9.17) is 4.74 Å². The fraction of sp³-hybridized carbons (Fsp3) is 0.833. The lowest BCUT2D eigenvalue weighted by Crippen LogP contribution is -2.06. The zero-order chi connectivity index (χ0) is 15.4. The van der Waals surface area contributed by atoms with Crippen LogP contribution >= 0.6 is 0 Å². The van der Waals surface area contributed by atoms with Gasteiger partial charge in [0, 0.05) is 5.57 Å². The maximum atomic E-state index is 11.1. The summed E-state index contributed by atoms with van der Waals surface area (Å²) in [5.74, 6) is -0.260. The lowest BCUT2D eigenvalue weighted by Gasteiger charge is -2.17. The lowest BCUT2D eigenvalue weighted by molar-refractivity contribution is -0.139. The van der Waals surface area contributed by atoms with Crippen LogP contribution in [0.3, 0.4) is 0 Å². The van der Waals surface area contributed by atoms with Crippen molar-refractivity contribution in [3.8, 4) is 0 Å². The van der Waals surface area contributed by atoms with Crippen LogP contribution in [0, 0.1) is 5.41 Å². The highest BCUT2D eigenvalue weighted by Crippen LogP contribution is 2.22. The van der Waals surface area contributed by atoms with Gasteiger partial charge in [-0.25, -0.2) is 4.79 Å². The van der Waals surface area contributed by atoms with Gasteiger partial charge in [-0.15, -0.1) is 0 Å². The van der Waals surface area contributed by atoms with E-state index in [-0.39, 0.29) is 5.97 Å². The molecule has 0 aliphatic rings. The fourth-order valence-electron chi connectivity index (χ4n) is 2.11. The zero-order valence-electron chi connectivity index (χ0n) is 14.1. The van der Waals surface area contributed by atoms with Crippen LogP contribution in [-0.2, 0) is 9.53 Å². The summed E-state index contributed by atoms with van der Waals surface area (Å²) < 4.78 is 5.06. The van der Waals surface area contributed by atoms with E-state index < -0.39 is 0 Å². The minimum absolute atomic E-state index is 0.260. The van der Waals surface area contributed by atoms with Gasteiger partial charge < -0.3 is 4.74 Å². The molecule has 0 aliphatic carbocycles. The van der Waals surface area contributed by atoms with Gasteiger partial charge in [-0.05, 0) is 25.2 Å². The maximum absolute atomic E-state index is 11.1. The summed E-state index contributed by atoms with van der Waals surface area (Å²) in [6, 6.07) is 0. The van der Waals surface area contributed by atoms with Crippen LogP contribution in [0.2, 0.25) is 0 Å². The fourth-order valence-corrected chi connectivity index (χ4v) is 2.11. The molecule has 0 heterocycles. The predicted octanol–water partition coefficient (Wildman–Crippen LogP) is 5.66. The van der Waals surface area contributed by atoms with Crippen LogP contribution in [0.5, 0.6) is 0 Å². The summed E-state index contributed by atoms with van der Waals surface area (Å²) in [4.78, 5) is 11.1. The van der Waals surface area contributed by atoms with Crippen LogP contribution in [0.1, 0.15) is 85.5 Å². The van der Waals surface area contributed by atoms with Crippen molar-refractivity contribution < 1.29 is 9.53 Å². The van der Waals surface area contributed by atoms with Crippen LogP contribution in [-0.4, -0.2) is 12.6 Å². The van der Waals surface area contributed by atoms with E-state index >= 15 is 0 Å². The third-order valence-electron chi connectivity index (χ3n) is 3.40. The van der Waals surface area contributed by atoms with E-state index in [2.05, 4.69) is 27.4 Å². The molecule has 0 amide bonds. The number of esters is 1. The van der Waals surface area contributed by atoms with Gasteiger partial charge in [0.25, 0.3) is 0 Å². The number of rotatable bonds is 11. The molecule has 0 radical (unpaired) electrons. The predicted molar refractivity (Wildman–Crippen MR) is 86.8 cm³/mol. The molecule has 0 saturated heterocycles. The maximum Gasteiger partial charge on any atom is 0.333 e. The number of unbranched alkanes of at least 4 members (excludes halogenated alkanes) is 7. The third-order valence-corrected chi connectivity index (χ3v) is 3.40. The van der Waals surface area contributed by atoms with Crippen molar-refractivity contribution >= 4 is 5.97 Å². The topological polar surface area (TPSA) is 26.3 Å². The smallest absolute Gasteiger partial charge is 0.333 e. The number of carbonyl (C=O) groups excluding carboxylic acids is 1. The number of hydrogen-bond acceptors (Lipinski definition) is 2. The molecule has 0 saturated carbocycles. The molecule has 0 aromatic rings. The highest BCUT2D eigenvalue weighted by atomic mass is 16.5. The van der Waals surface area contributed by atoms with Crippen molar-refractivity contribution in [2.24, 2.45) is 5.41 Å². The summed E-state index contributed by atoms with van der Waals surface area (Å²) in [5, 5.41) is 0. The lowest BCUT2D eigenvalue weighted by atomic mass is 9.89. The Labute approximate surface area is 126 Å². The van der Waals surface area contributed by atoms with Crippen molar-refractivity contribution in [1.82, 2.24) is 0 Å². The second-order valence-corrected chi connectivity index (χ2v) is 7.06. The van der Waals surface area contributed by atoms with E-state index in [0.29, 0.717) is 17.6 Å². The Balaban J connectivity index is 3.18. The van der Waals surface area contributed by atoms with Gasteiger partial charge in [0.1, 0.15) is 0 Å². The number of hydrogen-bond donors (Lipinski definition) is 0. The average molecular weight is 282 g/mol. The highest BCUT2D eigenvalue weighted by molar-refractivity contribution is 5.86. The number of carbonyl (C=O) groups is 1. The Morgan fingerprint density at radius 3 is 1.80 bits per heavy atom.